The van der Waals surface area contributed by atoms with Gasteiger partial charge < -0.3 is 26.4 Å². The van der Waals surface area contributed by atoms with Crippen molar-refractivity contribution in [1.82, 2.24) is 26.4 Å². The molecule has 2 saturated heterocycles. The van der Waals surface area contributed by atoms with Crippen LogP contribution in [0.3, 0.4) is 0 Å². The Kier molecular flexibility index (Phi) is 5.40. The zero-order valence-electron chi connectivity index (χ0n) is 13.2. The Morgan fingerprint density at radius 1 is 1.61 bits per heavy atom. The van der Waals surface area contributed by atoms with Crippen molar-refractivity contribution in [2.24, 2.45) is 11.7 Å². The molecule has 0 aromatic heterocycles. The molecule has 0 aromatic rings. The van der Waals surface area contributed by atoms with Gasteiger partial charge in [0.1, 0.15) is 12.1 Å². The maximum Gasteiger partial charge on any atom is 0.229 e. The number of hydrogen-bond acceptors (Lipinski definition) is 7. The number of rotatable bonds is 4. The van der Waals surface area contributed by atoms with Crippen molar-refractivity contribution in [1.29, 1.82) is 0 Å². The van der Waals surface area contributed by atoms with E-state index in [4.69, 9.17) is 22.1 Å². The second-order valence-corrected chi connectivity index (χ2v) is 6.60. The summed E-state index contributed by atoms with van der Waals surface area (Å²) in [5, 5.41) is 12.1. The Morgan fingerprint density at radius 2 is 2.43 bits per heavy atom. The molecule has 0 aliphatic carbocycles. The Hall–Kier alpha value is -0.900. The predicted octanol–water partition coefficient (Wildman–Crippen LogP) is -1.40. The number of nitrogens with zero attached hydrogens (tertiary/aromatic N) is 1. The number of fused-ring (bicyclic) bond motifs is 1. The van der Waals surface area contributed by atoms with Gasteiger partial charge in [-0.3, -0.25) is 4.79 Å². The zero-order valence-corrected chi connectivity index (χ0v) is 14.0. The van der Waals surface area contributed by atoms with E-state index in [1.807, 2.05) is 11.9 Å². The Bertz CT molecular complexity index is 474. The number of piperidine rings is 1. The zero-order chi connectivity index (χ0) is 16.4. The van der Waals surface area contributed by atoms with Crippen molar-refractivity contribution in [3.05, 3.63) is 11.2 Å². The molecule has 8 nitrogen and oxygen atoms in total. The van der Waals surface area contributed by atoms with Crippen LogP contribution in [0.25, 0.3) is 0 Å². The van der Waals surface area contributed by atoms with Gasteiger partial charge in [0.2, 0.25) is 5.91 Å². The van der Waals surface area contributed by atoms with E-state index in [-0.39, 0.29) is 24.2 Å². The van der Waals surface area contributed by atoms with E-state index >= 15 is 0 Å². The van der Waals surface area contributed by atoms with E-state index in [1.54, 1.807) is 6.20 Å². The molecule has 3 aliphatic heterocycles. The molecule has 5 atom stereocenters. The standard InChI is InChI=1S/C14H25ClN6O2/c1-2-23-10-3-4-17-6-9(10)19-14(22)11-12(16)20-21-7-8(15)5-18-13(11)21/h5,9-13,17-18,20H,2-4,6-7,16H2,1H3,(H,19,22). The fourth-order valence-electron chi connectivity index (χ4n) is 3.44. The third kappa shape index (κ3) is 3.62. The SMILES string of the molecule is CCOC1CCNCC1NC(=O)C1C(N)NN2CC(Cl)=CNC12. The molecule has 0 aromatic carbocycles. The topological polar surface area (TPSA) is 104 Å². The van der Waals surface area contributed by atoms with Crippen LogP contribution >= 0.6 is 11.6 Å². The highest BCUT2D eigenvalue weighted by atomic mass is 35.5. The van der Waals surface area contributed by atoms with Crippen LogP contribution in [0, 0.1) is 5.92 Å². The number of hydrazine groups is 1. The van der Waals surface area contributed by atoms with Crippen molar-refractivity contribution in [2.75, 3.05) is 26.2 Å². The molecule has 3 heterocycles. The summed E-state index contributed by atoms with van der Waals surface area (Å²) in [4.78, 5) is 12.8. The molecule has 2 fully saturated rings. The summed E-state index contributed by atoms with van der Waals surface area (Å²) in [7, 11) is 0. The average molecular weight is 345 g/mol. The Morgan fingerprint density at radius 3 is 3.22 bits per heavy atom. The van der Waals surface area contributed by atoms with E-state index in [9.17, 15) is 4.79 Å². The minimum absolute atomic E-state index is 0.0415. The van der Waals surface area contributed by atoms with Crippen molar-refractivity contribution in [2.45, 2.75) is 37.8 Å². The highest BCUT2D eigenvalue weighted by Crippen LogP contribution is 2.24. The molecular weight excluding hydrogens is 320 g/mol. The van der Waals surface area contributed by atoms with Gasteiger partial charge in [-0.05, 0) is 19.9 Å². The first-order valence-corrected chi connectivity index (χ1v) is 8.49. The molecule has 1 amide bonds. The van der Waals surface area contributed by atoms with Gasteiger partial charge in [-0.1, -0.05) is 11.6 Å². The molecule has 3 rings (SSSR count). The first kappa shape index (κ1) is 16.9. The lowest BCUT2D eigenvalue weighted by molar-refractivity contribution is -0.128. The first-order chi connectivity index (χ1) is 11.1. The fourth-order valence-corrected chi connectivity index (χ4v) is 3.63. The second-order valence-electron chi connectivity index (χ2n) is 6.11. The van der Waals surface area contributed by atoms with E-state index in [0.717, 1.165) is 13.0 Å². The van der Waals surface area contributed by atoms with Gasteiger partial charge in [0, 0.05) is 24.4 Å². The number of amides is 1. The number of halogens is 1. The van der Waals surface area contributed by atoms with E-state index in [2.05, 4.69) is 21.4 Å². The number of ether oxygens (including phenoxy) is 1. The molecule has 0 saturated carbocycles. The van der Waals surface area contributed by atoms with Crippen LogP contribution in [-0.4, -0.2) is 61.6 Å². The van der Waals surface area contributed by atoms with Crippen molar-refractivity contribution < 1.29 is 9.53 Å². The van der Waals surface area contributed by atoms with Crippen LogP contribution < -0.4 is 27.1 Å². The van der Waals surface area contributed by atoms with E-state index < -0.39 is 12.1 Å². The Labute approximate surface area is 141 Å². The van der Waals surface area contributed by atoms with Crippen molar-refractivity contribution in [3.63, 3.8) is 0 Å². The van der Waals surface area contributed by atoms with Gasteiger partial charge in [-0.15, -0.1) is 0 Å². The summed E-state index contributed by atoms with van der Waals surface area (Å²) in [6.45, 7) is 4.76. The summed E-state index contributed by atoms with van der Waals surface area (Å²) in [6.07, 6.45) is 2.01. The molecule has 0 radical (unpaired) electrons. The van der Waals surface area contributed by atoms with Crippen LogP contribution in [0.2, 0.25) is 0 Å². The molecule has 23 heavy (non-hydrogen) atoms. The van der Waals surface area contributed by atoms with Gasteiger partial charge >= 0.3 is 0 Å². The molecule has 0 spiro atoms. The van der Waals surface area contributed by atoms with Gasteiger partial charge in [-0.25, -0.2) is 10.4 Å². The summed E-state index contributed by atoms with van der Waals surface area (Å²) in [6, 6.07) is -0.0415. The van der Waals surface area contributed by atoms with Gasteiger partial charge in [0.25, 0.3) is 0 Å². The lowest BCUT2D eigenvalue weighted by Gasteiger charge is -2.34. The normalized spacial score (nSPS) is 37.7. The summed E-state index contributed by atoms with van der Waals surface area (Å²) in [5.41, 5.74) is 9.22. The van der Waals surface area contributed by atoms with Crippen molar-refractivity contribution in [3.8, 4) is 0 Å². The number of nitrogens with two attached hydrogens (primary N) is 1. The van der Waals surface area contributed by atoms with Crippen LogP contribution in [0.4, 0.5) is 0 Å². The molecule has 5 unspecified atom stereocenters. The average Bonchev–Trinajstić information content (AvgIpc) is 2.84. The summed E-state index contributed by atoms with van der Waals surface area (Å²) >= 11 is 6.02. The monoisotopic (exact) mass is 344 g/mol. The molecule has 130 valence electrons. The number of hydrogen-bond donors (Lipinski definition) is 5. The first-order valence-electron chi connectivity index (χ1n) is 8.12. The maximum absolute atomic E-state index is 12.8. The predicted molar refractivity (Wildman–Crippen MR) is 87.0 cm³/mol. The largest absolute Gasteiger partial charge is 0.376 e. The molecule has 6 N–H and O–H groups in total. The molecule has 9 heteroatoms. The highest BCUT2D eigenvalue weighted by molar-refractivity contribution is 6.29. The molecular formula is C14H25ClN6O2. The highest BCUT2D eigenvalue weighted by Gasteiger charge is 2.46. The number of nitrogens with one attached hydrogen (secondary N) is 4. The van der Waals surface area contributed by atoms with Crippen LogP contribution in [0.1, 0.15) is 13.3 Å². The summed E-state index contributed by atoms with van der Waals surface area (Å²) < 4.78 is 5.75. The third-order valence-corrected chi connectivity index (χ3v) is 4.77. The fraction of sp³-hybridized carbons (Fsp3) is 0.786. The van der Waals surface area contributed by atoms with Crippen LogP contribution in [-0.2, 0) is 9.53 Å². The second kappa shape index (κ2) is 7.33. The number of carbonyl (C=O) groups excluding carboxylic acids is 1. The smallest absolute Gasteiger partial charge is 0.229 e. The van der Waals surface area contributed by atoms with Gasteiger partial charge in [-0.2, -0.15) is 0 Å². The van der Waals surface area contributed by atoms with Gasteiger partial charge in [0.05, 0.1) is 24.9 Å². The molecule has 3 aliphatic rings. The maximum atomic E-state index is 12.8. The lowest BCUT2D eigenvalue weighted by atomic mass is 9.99. The third-order valence-electron chi connectivity index (χ3n) is 4.54. The minimum atomic E-state index is -0.453. The molecule has 0 bridgehead atoms. The van der Waals surface area contributed by atoms with E-state index in [1.165, 1.54) is 0 Å². The van der Waals surface area contributed by atoms with Crippen molar-refractivity contribution >= 4 is 17.5 Å². The lowest BCUT2D eigenvalue weighted by Crippen LogP contribution is -2.59. The van der Waals surface area contributed by atoms with Crippen LogP contribution in [0.5, 0.6) is 0 Å². The van der Waals surface area contributed by atoms with Gasteiger partial charge in [0.15, 0.2) is 0 Å². The summed E-state index contributed by atoms with van der Waals surface area (Å²) in [5.74, 6) is -0.477. The van der Waals surface area contributed by atoms with E-state index in [0.29, 0.717) is 24.7 Å². The quantitative estimate of drug-likeness (QED) is 0.427. The Balaban J connectivity index is 1.65. The number of carbonyl (C=O) groups is 1. The van der Waals surface area contributed by atoms with Crippen LogP contribution in [0.15, 0.2) is 11.2 Å². The minimum Gasteiger partial charge on any atom is -0.376 e.